The Balaban J connectivity index is 0.000000483. The van der Waals surface area contributed by atoms with Crippen LogP contribution in [0, 0.1) is 0 Å². The monoisotopic (exact) mass is 862 g/mol. The number of rotatable bonds is 12. The van der Waals surface area contributed by atoms with Crippen molar-refractivity contribution in [2.24, 2.45) is 5.73 Å². The van der Waals surface area contributed by atoms with Gasteiger partial charge in [-0.25, -0.2) is 0 Å². The highest BCUT2D eigenvalue weighted by atomic mass is 16.5. The van der Waals surface area contributed by atoms with E-state index in [1.807, 2.05) is 83.5 Å². The second kappa shape index (κ2) is 33.1. The zero-order valence-corrected chi connectivity index (χ0v) is 38.1. The minimum Gasteiger partial charge on any atom is -0.451 e. The van der Waals surface area contributed by atoms with Crippen LogP contribution < -0.4 is 32.3 Å². The Morgan fingerprint density at radius 2 is 1.29 bits per heavy atom. The van der Waals surface area contributed by atoms with Gasteiger partial charge >= 0.3 is 0 Å². The average molecular weight is 862 g/mol. The summed E-state index contributed by atoms with van der Waals surface area (Å²) < 4.78 is 16.2. The second-order valence-corrected chi connectivity index (χ2v) is 13.9. The first kappa shape index (κ1) is 54.4. The van der Waals surface area contributed by atoms with E-state index in [4.69, 9.17) is 19.3 Å². The smallest absolute Gasteiger partial charge is 0.287 e. The maximum atomic E-state index is 12.3. The van der Waals surface area contributed by atoms with Crippen molar-refractivity contribution in [2.45, 2.75) is 85.4 Å². The SMILES string of the molecule is C1CCOCC1.CC.CCC.CN1CCCC1C(=O)NCc1cccc(-c2ccc(C(=O)NCC=O)o2)c1.CNC.CNC(=O)CNC(=O)c1ccc(-c2cccc(CN)c2)o1. The predicted molar refractivity (Wildman–Crippen MR) is 245 cm³/mol. The normalized spacial score (nSPS) is 13.8. The highest BCUT2D eigenvalue weighted by Crippen LogP contribution is 2.24. The lowest BCUT2D eigenvalue weighted by molar-refractivity contribution is -0.125. The first-order valence-corrected chi connectivity index (χ1v) is 21.5. The van der Waals surface area contributed by atoms with Gasteiger partial charge < -0.3 is 50.7 Å². The van der Waals surface area contributed by atoms with Gasteiger partial charge in [-0.05, 0) is 107 Å². The van der Waals surface area contributed by atoms with Crippen LogP contribution in [0.15, 0.2) is 81.6 Å². The van der Waals surface area contributed by atoms with Gasteiger partial charge in [-0.3, -0.25) is 24.1 Å². The Morgan fingerprint density at radius 3 is 1.74 bits per heavy atom. The molecular weight excluding hydrogens is 791 g/mol. The van der Waals surface area contributed by atoms with Crippen LogP contribution in [0.4, 0.5) is 0 Å². The number of benzene rings is 2. The molecule has 2 aromatic carbocycles. The molecule has 0 spiro atoms. The Morgan fingerprint density at radius 1 is 0.758 bits per heavy atom. The number of ether oxygens (including phenoxy) is 1. The fraction of sp³-hybridized carbons (Fsp3) is 0.468. The Hall–Kier alpha value is -5.61. The number of carbonyl (C=O) groups excluding carboxylic acids is 5. The van der Waals surface area contributed by atoms with Crippen LogP contribution in [-0.2, 0) is 32.2 Å². The number of likely N-dealkylation sites (tertiary alicyclic amines) is 1. The van der Waals surface area contributed by atoms with E-state index in [2.05, 4.69) is 45.3 Å². The summed E-state index contributed by atoms with van der Waals surface area (Å²) in [7, 11) is 7.22. The van der Waals surface area contributed by atoms with Crippen LogP contribution in [0.3, 0.4) is 0 Å². The quantitative estimate of drug-likeness (QED) is 0.0920. The molecule has 2 aliphatic heterocycles. The molecule has 0 aliphatic carbocycles. The van der Waals surface area contributed by atoms with Crippen LogP contribution in [-0.4, -0.2) is 102 Å². The molecule has 15 nitrogen and oxygen atoms in total. The number of hydrogen-bond donors (Lipinski definition) is 6. The lowest BCUT2D eigenvalue weighted by Crippen LogP contribution is -2.41. The van der Waals surface area contributed by atoms with E-state index in [1.165, 1.54) is 32.7 Å². The van der Waals surface area contributed by atoms with Gasteiger partial charge in [0.1, 0.15) is 17.8 Å². The van der Waals surface area contributed by atoms with E-state index in [0.29, 0.717) is 30.9 Å². The summed E-state index contributed by atoms with van der Waals surface area (Å²) in [5.74, 6) is 0.350. The molecular formula is C47H71N7O8. The zero-order chi connectivity index (χ0) is 46.1. The molecule has 0 saturated carbocycles. The van der Waals surface area contributed by atoms with Crippen LogP contribution in [0.2, 0.25) is 0 Å². The van der Waals surface area contributed by atoms with E-state index in [1.54, 1.807) is 24.3 Å². The highest BCUT2D eigenvalue weighted by molar-refractivity contribution is 5.95. The standard InChI is InChI=1S/C20H23N3O4.C15H17N3O3.C5H10O.C3H8.C2H7N.C2H6/c1-23-10-3-6-16(23)19(25)22-13-14-4-2-5-15(12-14)17-7-8-18(27-17)20(26)21-9-11-24;1-17-14(19)9-18-15(20)13-6-5-12(21-13)11-4-2-3-10(7-11)8-16;1-2-4-6-5-3-1;2*1-3-2;1-2/h2,4-5,7-8,11-12,16H,3,6,9-10,13H2,1H3,(H,21,26)(H,22,25);2-7H,8-9,16H2,1H3,(H,17,19)(H,18,20);1-5H2;3H2,1-2H3;3H,1-2H3;1-2H3. The summed E-state index contributed by atoms with van der Waals surface area (Å²) in [6.45, 7) is 11.9. The molecule has 4 aromatic rings. The number of hydrogen-bond acceptors (Lipinski definition) is 11. The Kier molecular flexibility index (Phi) is 29.0. The minimum absolute atomic E-state index is 0.0486. The first-order chi connectivity index (χ1) is 30.0. The van der Waals surface area contributed by atoms with E-state index in [-0.39, 0.29) is 42.5 Å². The lowest BCUT2D eigenvalue weighted by atomic mass is 10.1. The van der Waals surface area contributed by atoms with Crippen LogP contribution in [0.1, 0.15) is 98.5 Å². The molecule has 0 radical (unpaired) electrons. The van der Waals surface area contributed by atoms with Gasteiger partial charge in [0.15, 0.2) is 11.5 Å². The van der Waals surface area contributed by atoms with E-state index >= 15 is 0 Å². The van der Waals surface area contributed by atoms with Crippen molar-refractivity contribution in [1.82, 2.24) is 31.5 Å². The van der Waals surface area contributed by atoms with Crippen molar-refractivity contribution < 1.29 is 37.5 Å². The van der Waals surface area contributed by atoms with Gasteiger partial charge in [-0.1, -0.05) is 70.5 Å². The van der Waals surface area contributed by atoms with Crippen molar-refractivity contribution in [3.63, 3.8) is 0 Å². The number of aldehydes is 1. The first-order valence-electron chi connectivity index (χ1n) is 21.5. The Labute approximate surface area is 368 Å². The number of nitrogens with zero attached hydrogens (tertiary/aromatic N) is 1. The summed E-state index contributed by atoms with van der Waals surface area (Å²) in [5.41, 5.74) is 9.19. The fourth-order valence-electron chi connectivity index (χ4n) is 5.71. The summed E-state index contributed by atoms with van der Waals surface area (Å²) in [6.07, 6.45) is 7.73. The molecule has 2 aromatic heterocycles. The molecule has 1 unspecified atom stereocenters. The van der Waals surface area contributed by atoms with Crippen molar-refractivity contribution in [3.8, 4) is 22.6 Å². The predicted octanol–water partition coefficient (Wildman–Crippen LogP) is 5.93. The molecule has 15 heteroatoms. The molecule has 2 saturated heterocycles. The van der Waals surface area contributed by atoms with Crippen molar-refractivity contribution in [2.75, 3.05) is 61.0 Å². The molecule has 62 heavy (non-hydrogen) atoms. The number of amides is 4. The van der Waals surface area contributed by atoms with Gasteiger partial charge in [0.2, 0.25) is 11.8 Å². The molecule has 342 valence electrons. The Bertz CT molecular complexity index is 1860. The molecule has 2 aliphatic rings. The average Bonchev–Trinajstić information content (AvgIpc) is 4.11. The number of carbonyl (C=O) groups is 5. The number of furan rings is 2. The van der Waals surface area contributed by atoms with E-state index in [9.17, 15) is 24.0 Å². The highest BCUT2D eigenvalue weighted by Gasteiger charge is 2.27. The molecule has 4 amide bonds. The van der Waals surface area contributed by atoms with Gasteiger partial charge in [0.25, 0.3) is 11.8 Å². The largest absolute Gasteiger partial charge is 0.451 e. The van der Waals surface area contributed by atoms with Crippen molar-refractivity contribution in [1.29, 1.82) is 0 Å². The summed E-state index contributed by atoms with van der Waals surface area (Å²) in [4.78, 5) is 59.5. The second-order valence-electron chi connectivity index (χ2n) is 13.9. The molecule has 4 heterocycles. The van der Waals surface area contributed by atoms with Gasteiger partial charge in [0.05, 0.1) is 19.1 Å². The minimum atomic E-state index is -0.433. The maximum Gasteiger partial charge on any atom is 0.287 e. The van der Waals surface area contributed by atoms with Crippen molar-refractivity contribution in [3.05, 3.63) is 95.4 Å². The molecule has 1 atom stereocenters. The topological polar surface area (TPSA) is 210 Å². The van der Waals surface area contributed by atoms with Crippen LogP contribution >= 0.6 is 0 Å². The lowest BCUT2D eigenvalue weighted by Gasteiger charge is -2.18. The third-order valence-electron chi connectivity index (χ3n) is 8.72. The van der Waals surface area contributed by atoms with Gasteiger partial charge in [-0.15, -0.1) is 0 Å². The fourth-order valence-corrected chi connectivity index (χ4v) is 5.71. The maximum absolute atomic E-state index is 12.3. The number of likely N-dealkylation sites (N-methyl/N-ethyl adjacent to an activating group) is 2. The summed E-state index contributed by atoms with van der Waals surface area (Å²) in [6, 6.07) is 21.7. The van der Waals surface area contributed by atoms with Gasteiger partial charge in [-0.2, -0.15) is 0 Å². The molecule has 6 rings (SSSR count). The summed E-state index contributed by atoms with van der Waals surface area (Å²) >= 11 is 0. The molecule has 2 fully saturated rings. The third kappa shape index (κ3) is 20.8. The van der Waals surface area contributed by atoms with Gasteiger partial charge in [0, 0.05) is 44.5 Å². The molecule has 7 N–H and O–H groups in total. The van der Waals surface area contributed by atoms with Crippen LogP contribution in [0.25, 0.3) is 22.6 Å². The van der Waals surface area contributed by atoms with E-state index < -0.39 is 11.8 Å². The molecule has 0 bridgehead atoms. The van der Waals surface area contributed by atoms with Crippen LogP contribution in [0.5, 0.6) is 0 Å². The third-order valence-corrected chi connectivity index (χ3v) is 8.72. The summed E-state index contributed by atoms with van der Waals surface area (Å²) in [5, 5.41) is 13.1. The number of nitrogens with one attached hydrogen (secondary N) is 5. The van der Waals surface area contributed by atoms with Crippen molar-refractivity contribution >= 4 is 29.9 Å². The van der Waals surface area contributed by atoms with E-state index in [0.717, 1.165) is 54.9 Å². The zero-order valence-electron chi connectivity index (χ0n) is 38.1. The number of nitrogens with two attached hydrogens (primary N) is 1.